The van der Waals surface area contributed by atoms with E-state index in [1.165, 1.54) is 0 Å². The highest BCUT2D eigenvalue weighted by atomic mass is 16.3. The highest BCUT2D eigenvalue weighted by Crippen LogP contribution is 2.22. The molecule has 2 N–H and O–H groups in total. The number of rotatable bonds is 3. The summed E-state index contributed by atoms with van der Waals surface area (Å²) in [6.07, 6.45) is 1.58. The van der Waals surface area contributed by atoms with E-state index in [-0.39, 0.29) is 5.92 Å². The third-order valence-corrected chi connectivity index (χ3v) is 1.82. The second-order valence-electron chi connectivity index (χ2n) is 5.07. The fourth-order valence-electron chi connectivity index (χ4n) is 1.30. The van der Waals surface area contributed by atoms with Crippen LogP contribution in [-0.2, 0) is 0 Å². The lowest BCUT2D eigenvalue weighted by atomic mass is 9.89. The van der Waals surface area contributed by atoms with Gasteiger partial charge in [-0.3, -0.25) is 0 Å². The molecule has 0 saturated heterocycles. The largest absolute Gasteiger partial charge is 0.386 e. The van der Waals surface area contributed by atoms with Crippen LogP contribution < -0.4 is 0 Å². The van der Waals surface area contributed by atoms with Gasteiger partial charge in [-0.2, -0.15) is 0 Å². The molecule has 0 saturated carbocycles. The molecule has 0 aliphatic heterocycles. The van der Waals surface area contributed by atoms with E-state index < -0.39 is 11.2 Å². The Morgan fingerprint density at radius 1 is 1.14 bits per heavy atom. The molecule has 0 unspecified atom stereocenters. The highest BCUT2D eigenvalue weighted by Gasteiger charge is 2.21. The van der Waals surface area contributed by atoms with Crippen LogP contribution in [0.15, 0.2) is 17.4 Å². The Bertz CT molecular complexity index is 242. The van der Waals surface area contributed by atoms with Gasteiger partial charge in [-0.15, -0.1) is 5.73 Å². The van der Waals surface area contributed by atoms with Crippen LogP contribution in [0.2, 0.25) is 0 Å². The molecule has 0 spiro atoms. The van der Waals surface area contributed by atoms with Gasteiger partial charge in [0.1, 0.15) is 0 Å². The monoisotopic (exact) mass is 198 g/mol. The Morgan fingerprint density at radius 3 is 1.79 bits per heavy atom. The third-order valence-electron chi connectivity index (χ3n) is 1.82. The molecule has 0 rings (SSSR count). The molecule has 82 valence electrons. The van der Waals surface area contributed by atoms with Gasteiger partial charge in [0.25, 0.3) is 0 Å². The molecular formula is C12H22O2. The molecule has 14 heavy (non-hydrogen) atoms. The lowest BCUT2D eigenvalue weighted by molar-refractivity contribution is 0.109. The van der Waals surface area contributed by atoms with Crippen molar-refractivity contribution in [2.45, 2.75) is 52.7 Å². The van der Waals surface area contributed by atoms with Crippen molar-refractivity contribution in [2.24, 2.45) is 5.92 Å². The molecule has 0 atom stereocenters. The Morgan fingerprint density at radius 2 is 1.57 bits per heavy atom. The molecule has 0 aliphatic carbocycles. The van der Waals surface area contributed by atoms with Crippen LogP contribution in [0.25, 0.3) is 0 Å². The molecule has 0 aliphatic rings. The molecule has 0 amide bonds. The van der Waals surface area contributed by atoms with Crippen LogP contribution in [0.3, 0.4) is 0 Å². The lowest BCUT2D eigenvalue weighted by Gasteiger charge is -2.23. The standard InChI is InChI=1S/C12H22O2/c1-9(2)10(12(5,6)14)7-8-11(3,4)13/h8-9,13-14H,1-6H3. The zero-order valence-corrected chi connectivity index (χ0v) is 10.0. The lowest BCUT2D eigenvalue weighted by Crippen LogP contribution is -2.25. The first-order valence-corrected chi connectivity index (χ1v) is 4.97. The molecule has 2 nitrogen and oxygen atoms in total. The Hall–Kier alpha value is -0.560. The van der Waals surface area contributed by atoms with Crippen molar-refractivity contribution in [3.63, 3.8) is 0 Å². The third kappa shape index (κ3) is 5.23. The second-order valence-corrected chi connectivity index (χ2v) is 5.07. The predicted molar refractivity (Wildman–Crippen MR) is 59.0 cm³/mol. The van der Waals surface area contributed by atoms with Crippen molar-refractivity contribution in [1.29, 1.82) is 0 Å². The average Bonchev–Trinajstić information content (AvgIpc) is 1.79. The Balaban J connectivity index is 5.14. The molecule has 0 aromatic heterocycles. The number of hydrogen-bond acceptors (Lipinski definition) is 2. The van der Waals surface area contributed by atoms with E-state index in [4.69, 9.17) is 0 Å². The molecule has 0 fully saturated rings. The Kier molecular flexibility index (Phi) is 4.14. The summed E-state index contributed by atoms with van der Waals surface area (Å²) >= 11 is 0. The summed E-state index contributed by atoms with van der Waals surface area (Å²) in [5, 5.41) is 19.3. The summed E-state index contributed by atoms with van der Waals surface area (Å²) < 4.78 is 0. The maximum absolute atomic E-state index is 9.84. The molecular weight excluding hydrogens is 176 g/mol. The first kappa shape index (κ1) is 13.4. The molecule has 0 bridgehead atoms. The zero-order valence-electron chi connectivity index (χ0n) is 10.0. The van der Waals surface area contributed by atoms with Gasteiger partial charge < -0.3 is 10.2 Å². The molecule has 0 aromatic carbocycles. The minimum Gasteiger partial charge on any atom is -0.386 e. The number of hydrogen-bond donors (Lipinski definition) is 2. The first-order chi connectivity index (χ1) is 6.04. The molecule has 0 aromatic rings. The van der Waals surface area contributed by atoms with Gasteiger partial charge in [0.05, 0.1) is 11.2 Å². The van der Waals surface area contributed by atoms with Gasteiger partial charge in [-0.05, 0) is 39.7 Å². The quantitative estimate of drug-likeness (QED) is 0.683. The van der Waals surface area contributed by atoms with Crippen LogP contribution >= 0.6 is 0 Å². The summed E-state index contributed by atoms with van der Waals surface area (Å²) in [6.45, 7) is 10.8. The maximum atomic E-state index is 9.84. The van der Waals surface area contributed by atoms with E-state index in [1.807, 2.05) is 13.8 Å². The fraction of sp³-hybridized carbons (Fsp3) is 0.750. The van der Waals surface area contributed by atoms with Gasteiger partial charge in [-0.1, -0.05) is 13.8 Å². The number of aliphatic hydroxyl groups is 2. The van der Waals surface area contributed by atoms with Gasteiger partial charge in [0.15, 0.2) is 0 Å². The van der Waals surface area contributed by atoms with Crippen LogP contribution in [0, 0.1) is 5.92 Å². The van der Waals surface area contributed by atoms with Gasteiger partial charge in [-0.25, -0.2) is 0 Å². The summed E-state index contributed by atoms with van der Waals surface area (Å²) in [7, 11) is 0. The van der Waals surface area contributed by atoms with Crippen molar-refractivity contribution in [3.05, 3.63) is 17.4 Å². The van der Waals surface area contributed by atoms with Crippen molar-refractivity contribution in [3.8, 4) is 0 Å². The SMILES string of the molecule is CC(C)C(=C=CC(C)(C)O)C(C)(C)O. The van der Waals surface area contributed by atoms with E-state index >= 15 is 0 Å². The van der Waals surface area contributed by atoms with Crippen molar-refractivity contribution < 1.29 is 10.2 Å². The van der Waals surface area contributed by atoms with E-state index in [0.29, 0.717) is 0 Å². The van der Waals surface area contributed by atoms with E-state index in [9.17, 15) is 10.2 Å². The smallest absolute Gasteiger partial charge is 0.0876 e. The normalized spacial score (nSPS) is 12.6. The van der Waals surface area contributed by atoms with E-state index in [2.05, 4.69) is 5.73 Å². The second kappa shape index (κ2) is 4.31. The molecule has 0 heterocycles. The molecule has 0 radical (unpaired) electrons. The maximum Gasteiger partial charge on any atom is 0.0876 e. The van der Waals surface area contributed by atoms with E-state index in [0.717, 1.165) is 5.57 Å². The first-order valence-electron chi connectivity index (χ1n) is 4.97. The van der Waals surface area contributed by atoms with Crippen molar-refractivity contribution in [1.82, 2.24) is 0 Å². The van der Waals surface area contributed by atoms with E-state index in [1.54, 1.807) is 33.8 Å². The van der Waals surface area contributed by atoms with Gasteiger partial charge >= 0.3 is 0 Å². The fourth-order valence-corrected chi connectivity index (χ4v) is 1.30. The summed E-state index contributed by atoms with van der Waals surface area (Å²) in [6, 6.07) is 0. The van der Waals surface area contributed by atoms with Crippen LogP contribution in [-0.4, -0.2) is 21.4 Å². The zero-order chi connectivity index (χ0) is 11.6. The van der Waals surface area contributed by atoms with Crippen LogP contribution in [0.5, 0.6) is 0 Å². The predicted octanol–water partition coefficient (Wildman–Crippen LogP) is 2.27. The van der Waals surface area contributed by atoms with Gasteiger partial charge in [0, 0.05) is 5.57 Å². The van der Waals surface area contributed by atoms with Crippen LogP contribution in [0.1, 0.15) is 41.5 Å². The summed E-state index contributed by atoms with van der Waals surface area (Å²) in [4.78, 5) is 0. The van der Waals surface area contributed by atoms with Gasteiger partial charge in [0.2, 0.25) is 0 Å². The van der Waals surface area contributed by atoms with Crippen molar-refractivity contribution in [2.75, 3.05) is 0 Å². The molecule has 2 heteroatoms. The highest BCUT2D eigenvalue weighted by molar-refractivity contribution is 5.16. The average molecular weight is 198 g/mol. The minimum absolute atomic E-state index is 0.216. The summed E-state index contributed by atoms with van der Waals surface area (Å²) in [5.41, 5.74) is 2.03. The van der Waals surface area contributed by atoms with Crippen molar-refractivity contribution >= 4 is 0 Å². The topological polar surface area (TPSA) is 40.5 Å². The Labute approximate surface area is 87.0 Å². The van der Waals surface area contributed by atoms with Crippen LogP contribution in [0.4, 0.5) is 0 Å². The summed E-state index contributed by atoms with van der Waals surface area (Å²) in [5.74, 6) is 0.216. The minimum atomic E-state index is -0.884.